The number of benzene rings is 1. The molecule has 0 saturated heterocycles. The highest BCUT2D eigenvalue weighted by Gasteiger charge is 2.31. The molecule has 0 spiro atoms. The van der Waals surface area contributed by atoms with Crippen LogP contribution in [-0.2, 0) is 0 Å². The minimum Gasteiger partial charge on any atom is -0.406 e. The molecule has 1 atom stereocenters. The van der Waals surface area contributed by atoms with E-state index >= 15 is 0 Å². The Hall–Kier alpha value is -1.23. The highest BCUT2D eigenvalue weighted by atomic mass is 19.4. The second-order valence-electron chi connectivity index (χ2n) is 5.04. The fraction of sp³-hybridized carbons (Fsp3) is 0.571. The Bertz CT molecular complexity index is 398. The van der Waals surface area contributed by atoms with Gasteiger partial charge in [-0.25, -0.2) is 0 Å². The Morgan fingerprint density at radius 1 is 1.26 bits per heavy atom. The Balaban J connectivity index is 1.85. The number of hydrogen-bond donors (Lipinski definition) is 1. The summed E-state index contributed by atoms with van der Waals surface area (Å²) in [6.45, 7) is 2.99. The van der Waals surface area contributed by atoms with Crippen molar-refractivity contribution in [1.82, 2.24) is 5.32 Å². The van der Waals surface area contributed by atoms with Gasteiger partial charge in [0.15, 0.2) is 0 Å². The van der Waals surface area contributed by atoms with Crippen molar-refractivity contribution in [2.45, 2.75) is 38.6 Å². The lowest BCUT2D eigenvalue weighted by atomic mass is 9.85. The van der Waals surface area contributed by atoms with Gasteiger partial charge in [0, 0.05) is 6.04 Å². The largest absolute Gasteiger partial charge is 0.573 e. The quantitative estimate of drug-likeness (QED) is 0.874. The van der Waals surface area contributed by atoms with E-state index in [0.717, 1.165) is 18.0 Å². The van der Waals surface area contributed by atoms with Gasteiger partial charge >= 0.3 is 6.36 Å². The van der Waals surface area contributed by atoms with Crippen molar-refractivity contribution in [2.24, 2.45) is 5.92 Å². The average molecular weight is 273 g/mol. The van der Waals surface area contributed by atoms with Crippen molar-refractivity contribution in [3.05, 3.63) is 29.8 Å². The van der Waals surface area contributed by atoms with E-state index < -0.39 is 6.36 Å². The maximum absolute atomic E-state index is 12.0. The van der Waals surface area contributed by atoms with Crippen molar-refractivity contribution in [2.75, 3.05) is 6.54 Å². The summed E-state index contributed by atoms with van der Waals surface area (Å²) in [5, 5.41) is 3.41. The summed E-state index contributed by atoms with van der Waals surface area (Å²) in [7, 11) is 0. The van der Waals surface area contributed by atoms with Crippen molar-refractivity contribution < 1.29 is 17.9 Å². The third-order valence-electron chi connectivity index (χ3n) is 3.55. The number of nitrogens with one attached hydrogen (secondary N) is 1. The lowest BCUT2D eigenvalue weighted by Crippen LogP contribution is -2.29. The van der Waals surface area contributed by atoms with Crippen LogP contribution in [0.25, 0.3) is 0 Å². The third-order valence-corrected chi connectivity index (χ3v) is 3.55. The molecule has 1 aliphatic rings. The zero-order chi connectivity index (χ0) is 13.9. The van der Waals surface area contributed by atoms with E-state index in [1.807, 2.05) is 6.92 Å². The van der Waals surface area contributed by atoms with Crippen LogP contribution in [0.1, 0.15) is 37.8 Å². The van der Waals surface area contributed by atoms with E-state index in [1.165, 1.54) is 31.4 Å². The van der Waals surface area contributed by atoms with Gasteiger partial charge in [0.1, 0.15) is 5.75 Å². The molecule has 0 aliphatic heterocycles. The van der Waals surface area contributed by atoms with Crippen molar-refractivity contribution in [3.8, 4) is 5.75 Å². The summed E-state index contributed by atoms with van der Waals surface area (Å²) >= 11 is 0. The topological polar surface area (TPSA) is 21.3 Å². The van der Waals surface area contributed by atoms with Crippen LogP contribution >= 0.6 is 0 Å². The number of rotatable bonds is 5. The summed E-state index contributed by atoms with van der Waals surface area (Å²) in [6, 6.07) is 6.17. The van der Waals surface area contributed by atoms with E-state index in [1.54, 1.807) is 12.1 Å². The molecular weight excluding hydrogens is 255 g/mol. The van der Waals surface area contributed by atoms with Crippen molar-refractivity contribution in [3.63, 3.8) is 0 Å². The van der Waals surface area contributed by atoms with Gasteiger partial charge in [0.2, 0.25) is 0 Å². The number of ether oxygens (including phenoxy) is 1. The van der Waals surface area contributed by atoms with Gasteiger partial charge in [-0.1, -0.05) is 18.6 Å². The van der Waals surface area contributed by atoms with Crippen LogP contribution in [0.3, 0.4) is 0 Å². The molecule has 5 heteroatoms. The Kier molecular flexibility index (Phi) is 4.34. The monoisotopic (exact) mass is 273 g/mol. The van der Waals surface area contributed by atoms with Crippen LogP contribution in [-0.4, -0.2) is 12.9 Å². The fourth-order valence-corrected chi connectivity index (χ4v) is 2.12. The molecule has 19 heavy (non-hydrogen) atoms. The minimum absolute atomic E-state index is 0.139. The predicted molar refractivity (Wildman–Crippen MR) is 66.9 cm³/mol. The number of halogens is 3. The SMILES string of the molecule is CC(NCC1CCC1)c1ccc(OC(F)(F)F)cc1. The molecule has 2 nitrogen and oxygen atoms in total. The summed E-state index contributed by atoms with van der Waals surface area (Å²) in [5.41, 5.74) is 0.967. The van der Waals surface area contributed by atoms with Crippen LogP contribution in [0, 0.1) is 5.92 Å². The Morgan fingerprint density at radius 3 is 2.37 bits per heavy atom. The van der Waals surface area contributed by atoms with E-state index in [2.05, 4.69) is 10.1 Å². The fourth-order valence-electron chi connectivity index (χ4n) is 2.12. The summed E-state index contributed by atoms with van der Waals surface area (Å²) in [4.78, 5) is 0. The molecule has 0 radical (unpaired) electrons. The second kappa shape index (κ2) is 5.82. The first-order valence-electron chi connectivity index (χ1n) is 6.53. The van der Waals surface area contributed by atoms with E-state index in [9.17, 15) is 13.2 Å². The standard InChI is InChI=1S/C14H18F3NO/c1-10(18-9-11-3-2-4-11)12-5-7-13(8-6-12)19-14(15,16)17/h5-8,10-11,18H,2-4,9H2,1H3. The van der Waals surface area contributed by atoms with Gasteiger partial charge in [-0.2, -0.15) is 0 Å². The lowest BCUT2D eigenvalue weighted by Gasteiger charge is -2.27. The molecule has 0 bridgehead atoms. The Morgan fingerprint density at radius 2 is 1.89 bits per heavy atom. The molecule has 1 fully saturated rings. The van der Waals surface area contributed by atoms with E-state index in [0.29, 0.717) is 0 Å². The van der Waals surface area contributed by atoms with Gasteiger partial charge in [0.05, 0.1) is 0 Å². The molecule has 0 heterocycles. The molecule has 1 N–H and O–H groups in total. The van der Waals surface area contributed by atoms with E-state index in [4.69, 9.17) is 0 Å². The van der Waals surface area contributed by atoms with Gasteiger partial charge in [-0.15, -0.1) is 13.2 Å². The molecule has 1 unspecified atom stereocenters. The molecule has 1 saturated carbocycles. The third kappa shape index (κ3) is 4.42. The molecule has 1 aromatic rings. The maximum Gasteiger partial charge on any atom is 0.573 e. The van der Waals surface area contributed by atoms with Gasteiger partial charge in [-0.05, 0) is 49.9 Å². The predicted octanol–water partition coefficient (Wildman–Crippen LogP) is 4.04. The number of hydrogen-bond acceptors (Lipinski definition) is 2. The first-order valence-corrected chi connectivity index (χ1v) is 6.53. The highest BCUT2D eigenvalue weighted by Crippen LogP contribution is 2.27. The molecule has 2 rings (SSSR count). The highest BCUT2D eigenvalue weighted by molar-refractivity contribution is 5.29. The molecule has 0 aromatic heterocycles. The van der Waals surface area contributed by atoms with Crippen LogP contribution < -0.4 is 10.1 Å². The molecule has 106 valence electrons. The normalized spacial score (nSPS) is 17.9. The molecule has 0 amide bonds. The van der Waals surface area contributed by atoms with Gasteiger partial charge in [0.25, 0.3) is 0 Å². The first-order chi connectivity index (χ1) is 8.94. The summed E-state index contributed by atoms with van der Waals surface area (Å²) < 4.78 is 39.9. The first kappa shape index (κ1) is 14.2. The molecule has 1 aromatic carbocycles. The van der Waals surface area contributed by atoms with Gasteiger partial charge in [-0.3, -0.25) is 0 Å². The van der Waals surface area contributed by atoms with Gasteiger partial charge < -0.3 is 10.1 Å². The zero-order valence-corrected chi connectivity index (χ0v) is 10.8. The summed E-state index contributed by atoms with van der Waals surface area (Å²) in [6.07, 6.45) is -0.768. The van der Waals surface area contributed by atoms with Crippen LogP contribution in [0.4, 0.5) is 13.2 Å². The number of alkyl halides is 3. The van der Waals surface area contributed by atoms with Crippen LogP contribution in [0.5, 0.6) is 5.75 Å². The smallest absolute Gasteiger partial charge is 0.406 e. The average Bonchev–Trinajstić information content (AvgIpc) is 2.25. The van der Waals surface area contributed by atoms with Crippen LogP contribution in [0.2, 0.25) is 0 Å². The minimum atomic E-state index is -4.63. The second-order valence-corrected chi connectivity index (χ2v) is 5.04. The molecular formula is C14H18F3NO. The molecule has 1 aliphatic carbocycles. The zero-order valence-electron chi connectivity index (χ0n) is 10.8. The van der Waals surface area contributed by atoms with Crippen LogP contribution in [0.15, 0.2) is 24.3 Å². The van der Waals surface area contributed by atoms with E-state index in [-0.39, 0.29) is 11.8 Å². The Labute approximate surface area is 111 Å². The van der Waals surface area contributed by atoms with Crippen molar-refractivity contribution in [1.29, 1.82) is 0 Å². The lowest BCUT2D eigenvalue weighted by molar-refractivity contribution is -0.274. The summed E-state index contributed by atoms with van der Waals surface area (Å²) in [5.74, 6) is 0.581. The van der Waals surface area contributed by atoms with Crippen molar-refractivity contribution >= 4 is 0 Å². The maximum atomic E-state index is 12.0.